The van der Waals surface area contributed by atoms with Crippen molar-refractivity contribution < 1.29 is 9.76 Å². The fourth-order valence-corrected chi connectivity index (χ4v) is 3.04. The highest BCUT2D eigenvalue weighted by Gasteiger charge is 2.24. The number of benzene rings is 2. The molecule has 6 heteroatoms. The molecule has 0 amide bonds. The Balaban J connectivity index is 1.90. The summed E-state index contributed by atoms with van der Waals surface area (Å²) in [5.41, 5.74) is 2.28. The van der Waals surface area contributed by atoms with Gasteiger partial charge in [0.1, 0.15) is 17.6 Å². The van der Waals surface area contributed by atoms with Crippen molar-refractivity contribution in [1.29, 1.82) is 5.26 Å². The van der Waals surface area contributed by atoms with Crippen molar-refractivity contribution in [3.05, 3.63) is 51.5 Å². The van der Waals surface area contributed by atoms with E-state index in [2.05, 4.69) is 0 Å². The number of ether oxygens (including phenoxy) is 1. The van der Waals surface area contributed by atoms with Crippen LogP contribution in [0, 0.1) is 11.3 Å². The van der Waals surface area contributed by atoms with E-state index >= 15 is 0 Å². The van der Waals surface area contributed by atoms with E-state index in [4.69, 9.17) is 33.2 Å². The van der Waals surface area contributed by atoms with Gasteiger partial charge in [0.05, 0.1) is 15.6 Å². The normalized spacial score (nSPS) is 13.0. The summed E-state index contributed by atoms with van der Waals surface area (Å²) >= 11 is 12.0. The van der Waals surface area contributed by atoms with Crippen molar-refractivity contribution in [3.8, 4) is 17.6 Å². The molecule has 0 aromatic heterocycles. The van der Waals surface area contributed by atoms with Gasteiger partial charge in [-0.1, -0.05) is 29.3 Å². The minimum atomic E-state index is -0.382. The second kappa shape index (κ2) is 5.61. The van der Waals surface area contributed by atoms with Gasteiger partial charge in [0.25, 0.3) is 0 Å². The first-order valence-corrected chi connectivity index (χ1v) is 7.22. The zero-order valence-electron chi connectivity index (χ0n) is 10.9. The maximum Gasteiger partial charge on any atom is 0.324 e. The zero-order valence-corrected chi connectivity index (χ0v) is 12.4. The summed E-state index contributed by atoms with van der Waals surface area (Å²) in [6.45, 7) is -0.382. The van der Waals surface area contributed by atoms with Crippen molar-refractivity contribution >= 4 is 35.6 Å². The highest BCUT2D eigenvalue weighted by Crippen LogP contribution is 2.32. The Labute approximate surface area is 132 Å². The lowest BCUT2D eigenvalue weighted by Gasteiger charge is -2.10. The predicted molar refractivity (Wildman–Crippen MR) is 83.8 cm³/mol. The monoisotopic (exact) mass is 317 g/mol. The van der Waals surface area contributed by atoms with Gasteiger partial charge in [-0.25, -0.2) is 0 Å². The maximum atomic E-state index is 9.79. The first-order valence-electron chi connectivity index (χ1n) is 6.46. The van der Waals surface area contributed by atoms with E-state index in [0.717, 1.165) is 23.8 Å². The number of hydrogen-bond acceptors (Lipinski definition) is 3. The van der Waals surface area contributed by atoms with Gasteiger partial charge in [-0.05, 0) is 35.9 Å². The SMILES string of the molecule is N#Cc1c(Cl)cc(Oc2ccc3c(c2)CCB3O)cc1Cl. The van der Waals surface area contributed by atoms with E-state index in [1.807, 2.05) is 18.2 Å². The van der Waals surface area contributed by atoms with E-state index in [1.54, 1.807) is 18.2 Å². The van der Waals surface area contributed by atoms with E-state index in [9.17, 15) is 5.02 Å². The van der Waals surface area contributed by atoms with E-state index in [0.29, 0.717) is 11.5 Å². The second-order valence-corrected chi connectivity index (χ2v) is 5.71. The Morgan fingerprint density at radius 1 is 1.14 bits per heavy atom. The van der Waals surface area contributed by atoms with Gasteiger partial charge in [0.2, 0.25) is 0 Å². The Hall–Kier alpha value is -1.67. The average molecular weight is 318 g/mol. The molecule has 0 atom stereocenters. The second-order valence-electron chi connectivity index (χ2n) is 4.89. The third-order valence-electron chi connectivity index (χ3n) is 3.52. The molecule has 1 N–H and O–H groups in total. The van der Waals surface area contributed by atoms with Gasteiger partial charge in [-0.15, -0.1) is 0 Å². The van der Waals surface area contributed by atoms with Crippen LogP contribution in [0.25, 0.3) is 0 Å². The topological polar surface area (TPSA) is 53.2 Å². The standard InChI is InChI=1S/C15H10BCl2NO2/c17-14-6-11(7-15(18)12(14)8-19)21-10-1-2-13-9(5-10)3-4-16(13)20/h1-2,5-7,20H,3-4H2. The Kier molecular flexibility index (Phi) is 3.82. The Morgan fingerprint density at radius 2 is 1.86 bits per heavy atom. The van der Waals surface area contributed by atoms with Crippen LogP contribution in [0.5, 0.6) is 11.5 Å². The van der Waals surface area contributed by atoms with Gasteiger partial charge < -0.3 is 9.76 Å². The number of halogens is 2. The molecular formula is C15H10BCl2NO2. The zero-order chi connectivity index (χ0) is 15.0. The molecule has 1 aliphatic rings. The molecule has 0 spiro atoms. The molecule has 3 rings (SSSR count). The first kappa shape index (κ1) is 14.3. The number of nitriles is 1. The largest absolute Gasteiger partial charge is 0.457 e. The lowest BCUT2D eigenvalue weighted by molar-refractivity contribution is 0.482. The minimum absolute atomic E-state index is 0.239. The van der Waals surface area contributed by atoms with Crippen LogP contribution in [-0.4, -0.2) is 11.9 Å². The average Bonchev–Trinajstić information content (AvgIpc) is 2.80. The molecule has 0 fully saturated rings. The maximum absolute atomic E-state index is 9.79. The molecule has 1 heterocycles. The van der Waals surface area contributed by atoms with E-state index in [1.165, 1.54) is 0 Å². The first-order chi connectivity index (χ1) is 10.1. The van der Waals surface area contributed by atoms with E-state index < -0.39 is 0 Å². The lowest BCUT2D eigenvalue weighted by Crippen LogP contribution is -2.25. The van der Waals surface area contributed by atoms with Crippen LogP contribution in [0.1, 0.15) is 11.1 Å². The molecule has 21 heavy (non-hydrogen) atoms. The number of rotatable bonds is 2. The molecular weight excluding hydrogens is 308 g/mol. The van der Waals surface area contributed by atoms with Crippen LogP contribution < -0.4 is 10.2 Å². The minimum Gasteiger partial charge on any atom is -0.457 e. The molecule has 0 bridgehead atoms. The van der Waals surface area contributed by atoms with Gasteiger partial charge in [-0.2, -0.15) is 5.26 Å². The summed E-state index contributed by atoms with van der Waals surface area (Å²) in [5.74, 6) is 1.13. The summed E-state index contributed by atoms with van der Waals surface area (Å²) in [6.07, 6.45) is 1.58. The van der Waals surface area contributed by atoms with Crippen molar-refractivity contribution in [2.75, 3.05) is 0 Å². The third kappa shape index (κ3) is 2.73. The summed E-state index contributed by atoms with van der Waals surface area (Å²) < 4.78 is 5.74. The summed E-state index contributed by atoms with van der Waals surface area (Å²) in [6, 6.07) is 10.7. The van der Waals surface area contributed by atoms with Gasteiger partial charge in [0, 0.05) is 12.1 Å². The Bertz CT molecular complexity index is 735. The quantitative estimate of drug-likeness (QED) is 0.864. The molecule has 0 radical (unpaired) electrons. The fourth-order valence-electron chi connectivity index (χ4n) is 2.49. The molecule has 2 aromatic carbocycles. The van der Waals surface area contributed by atoms with Crippen molar-refractivity contribution in [2.24, 2.45) is 0 Å². The molecule has 0 aliphatic carbocycles. The van der Waals surface area contributed by atoms with Crippen LogP contribution in [0.2, 0.25) is 16.4 Å². The third-order valence-corrected chi connectivity index (χ3v) is 4.12. The van der Waals surface area contributed by atoms with E-state index in [-0.39, 0.29) is 22.5 Å². The fraction of sp³-hybridized carbons (Fsp3) is 0.133. The van der Waals surface area contributed by atoms with Crippen LogP contribution >= 0.6 is 23.2 Å². The predicted octanol–water partition coefficient (Wildman–Crippen LogP) is 3.40. The molecule has 3 nitrogen and oxygen atoms in total. The van der Waals surface area contributed by atoms with Gasteiger partial charge in [-0.3, -0.25) is 0 Å². The number of fused-ring (bicyclic) bond motifs is 1. The molecule has 0 saturated carbocycles. The number of aryl methyl sites for hydroxylation is 1. The van der Waals surface area contributed by atoms with Crippen molar-refractivity contribution in [3.63, 3.8) is 0 Å². The molecule has 2 aromatic rings. The molecule has 0 unspecified atom stereocenters. The van der Waals surface area contributed by atoms with Crippen molar-refractivity contribution in [1.82, 2.24) is 0 Å². The van der Waals surface area contributed by atoms with Crippen molar-refractivity contribution in [2.45, 2.75) is 12.7 Å². The van der Waals surface area contributed by atoms with Crippen LogP contribution in [0.3, 0.4) is 0 Å². The van der Waals surface area contributed by atoms with Gasteiger partial charge in [0.15, 0.2) is 0 Å². The lowest BCUT2D eigenvalue weighted by atomic mass is 9.63. The summed E-state index contributed by atoms with van der Waals surface area (Å²) in [4.78, 5) is 0. The molecule has 1 aliphatic heterocycles. The molecule has 0 saturated heterocycles. The highest BCUT2D eigenvalue weighted by atomic mass is 35.5. The summed E-state index contributed by atoms with van der Waals surface area (Å²) in [7, 11) is 0. The van der Waals surface area contributed by atoms with Crippen LogP contribution in [0.15, 0.2) is 30.3 Å². The number of hydrogen-bond donors (Lipinski definition) is 1. The smallest absolute Gasteiger partial charge is 0.324 e. The highest BCUT2D eigenvalue weighted by molar-refractivity contribution is 6.68. The van der Waals surface area contributed by atoms with Crippen LogP contribution in [0.4, 0.5) is 0 Å². The van der Waals surface area contributed by atoms with Gasteiger partial charge >= 0.3 is 6.92 Å². The summed E-state index contributed by atoms with van der Waals surface area (Å²) in [5, 5.41) is 19.2. The Morgan fingerprint density at radius 3 is 2.52 bits per heavy atom. The van der Waals surface area contributed by atoms with Crippen LogP contribution in [-0.2, 0) is 6.42 Å². The number of nitrogens with zero attached hydrogens (tertiary/aromatic N) is 1. The molecule has 104 valence electrons.